The number of hydrogen-bond acceptors (Lipinski definition) is 7. The number of alkyl halides is 3. The molecule has 2 unspecified atom stereocenters. The maximum Gasteiger partial charge on any atom is 0.407 e. The van der Waals surface area contributed by atoms with Gasteiger partial charge in [-0.1, -0.05) is 23.5 Å². The van der Waals surface area contributed by atoms with Gasteiger partial charge in [0.05, 0.1) is 22.2 Å². The fraction of sp³-hybridized carbons (Fsp3) is 0.435. The van der Waals surface area contributed by atoms with Crippen molar-refractivity contribution in [1.82, 2.24) is 10.3 Å². The van der Waals surface area contributed by atoms with E-state index >= 15 is 0 Å². The fourth-order valence-electron chi connectivity index (χ4n) is 4.37. The predicted octanol–water partition coefficient (Wildman–Crippen LogP) is 4.05. The van der Waals surface area contributed by atoms with Crippen molar-refractivity contribution in [2.24, 2.45) is 22.6 Å². The van der Waals surface area contributed by atoms with Gasteiger partial charge in [0.25, 0.3) is 0 Å². The average molecular weight is 475 g/mol. The lowest BCUT2D eigenvalue weighted by molar-refractivity contribution is -0.118. The molecule has 3 N–H and O–H groups in total. The molecule has 33 heavy (non-hydrogen) atoms. The quantitative estimate of drug-likeness (QED) is 0.638. The first-order valence-corrected chi connectivity index (χ1v) is 11.7. The second-order valence-corrected chi connectivity index (χ2v) is 9.29. The van der Waals surface area contributed by atoms with Crippen LogP contribution in [0.2, 0.25) is 0 Å². The highest BCUT2D eigenvalue weighted by Gasteiger charge is 2.31. The Kier molecular flexibility index (Phi) is 7.00. The number of nitrogens with one attached hydrogen (secondary N) is 1. The number of nitrogens with zero attached hydrogens (tertiary/aromatic N) is 4. The molecule has 0 amide bonds. The molecular weight excluding hydrogens is 449 g/mol. The topological polar surface area (TPSA) is 90.3 Å². The molecule has 4 rings (SSSR count). The number of fused-ring (bicyclic) bond motifs is 1. The van der Waals surface area contributed by atoms with Gasteiger partial charge < -0.3 is 16.0 Å². The van der Waals surface area contributed by atoms with Crippen molar-refractivity contribution < 1.29 is 13.2 Å². The van der Waals surface area contributed by atoms with Crippen LogP contribution in [0, 0.1) is 23.2 Å². The number of benzene rings is 1. The van der Waals surface area contributed by atoms with Crippen molar-refractivity contribution in [3.8, 4) is 17.3 Å². The lowest BCUT2D eigenvalue weighted by Crippen LogP contribution is -2.25. The third-order valence-corrected chi connectivity index (χ3v) is 7.30. The van der Waals surface area contributed by atoms with E-state index in [1.54, 1.807) is 24.3 Å². The van der Waals surface area contributed by atoms with Crippen molar-refractivity contribution >= 4 is 28.3 Å². The first-order chi connectivity index (χ1) is 15.9. The van der Waals surface area contributed by atoms with Gasteiger partial charge in [-0.25, -0.2) is 4.98 Å². The normalized spacial score (nSPS) is 21.8. The van der Waals surface area contributed by atoms with Crippen LogP contribution in [0.1, 0.15) is 23.3 Å². The fourth-order valence-corrected chi connectivity index (χ4v) is 5.50. The number of allylic oxidation sites excluding steroid dienone is 1. The van der Waals surface area contributed by atoms with Crippen LogP contribution in [-0.2, 0) is 0 Å². The number of hydrogen-bond donors (Lipinski definition) is 2. The summed E-state index contributed by atoms with van der Waals surface area (Å²) in [7, 11) is 0. The average Bonchev–Trinajstić information content (AvgIpc) is 3.39. The van der Waals surface area contributed by atoms with Crippen LogP contribution in [0.3, 0.4) is 0 Å². The van der Waals surface area contributed by atoms with Crippen LogP contribution >= 0.6 is 11.3 Å². The molecule has 0 bridgehead atoms. The van der Waals surface area contributed by atoms with E-state index in [9.17, 15) is 13.2 Å². The van der Waals surface area contributed by atoms with E-state index < -0.39 is 12.7 Å². The first-order valence-electron chi connectivity index (χ1n) is 10.8. The zero-order chi connectivity index (χ0) is 23.4. The van der Waals surface area contributed by atoms with Gasteiger partial charge >= 0.3 is 6.18 Å². The highest BCUT2D eigenvalue weighted by Crippen LogP contribution is 2.39. The summed E-state index contributed by atoms with van der Waals surface area (Å²) in [6.07, 6.45) is 0.194. The van der Waals surface area contributed by atoms with Gasteiger partial charge in [0.15, 0.2) is 5.13 Å². The maximum absolute atomic E-state index is 12.6. The number of anilines is 1. The number of nitriles is 1. The maximum atomic E-state index is 12.6. The molecule has 2 aromatic rings. The zero-order valence-corrected chi connectivity index (χ0v) is 18.8. The molecule has 2 aliphatic rings. The molecule has 2 aliphatic heterocycles. The molecule has 3 heterocycles. The van der Waals surface area contributed by atoms with Gasteiger partial charge in [-0.3, -0.25) is 4.99 Å². The highest BCUT2D eigenvalue weighted by atomic mass is 32.1. The van der Waals surface area contributed by atoms with Gasteiger partial charge in [-0.15, -0.1) is 0 Å². The van der Waals surface area contributed by atoms with E-state index in [-0.39, 0.29) is 0 Å². The van der Waals surface area contributed by atoms with Gasteiger partial charge in [-0.05, 0) is 49.9 Å². The Morgan fingerprint density at radius 3 is 2.48 bits per heavy atom. The Hall–Kier alpha value is -2.90. The smallest absolute Gasteiger partial charge is 0.404 e. The summed E-state index contributed by atoms with van der Waals surface area (Å²) in [5, 5.41) is 13.4. The minimum absolute atomic E-state index is 0.387. The van der Waals surface area contributed by atoms with Crippen LogP contribution < -0.4 is 16.0 Å². The number of nitrogens with two attached hydrogens (primary N) is 1. The Morgan fingerprint density at radius 1 is 1.24 bits per heavy atom. The summed E-state index contributed by atoms with van der Waals surface area (Å²) in [6, 6.07) is 9.07. The van der Waals surface area contributed by atoms with Crippen LogP contribution in [0.4, 0.5) is 18.3 Å². The van der Waals surface area contributed by atoms with E-state index in [1.165, 1.54) is 17.5 Å². The monoisotopic (exact) mass is 474 g/mol. The van der Waals surface area contributed by atoms with E-state index in [0.717, 1.165) is 55.9 Å². The van der Waals surface area contributed by atoms with Gasteiger partial charge in [0.1, 0.15) is 6.54 Å². The summed E-state index contributed by atoms with van der Waals surface area (Å²) in [6.45, 7) is 2.59. The molecule has 2 atom stereocenters. The van der Waals surface area contributed by atoms with E-state index in [1.807, 2.05) is 0 Å². The number of aliphatic imine (C=N–C) groups is 1. The molecule has 2 fully saturated rings. The molecule has 0 spiro atoms. The number of halogens is 3. The Morgan fingerprint density at radius 2 is 1.91 bits per heavy atom. The molecule has 174 valence electrons. The number of thiazole rings is 1. The lowest BCUT2D eigenvalue weighted by atomic mass is 9.92. The Labute approximate surface area is 194 Å². The van der Waals surface area contributed by atoms with Crippen LogP contribution in [0.5, 0.6) is 0 Å². The van der Waals surface area contributed by atoms with Crippen molar-refractivity contribution in [3.63, 3.8) is 0 Å². The van der Waals surface area contributed by atoms with Gasteiger partial charge in [0.2, 0.25) is 0 Å². The first kappa shape index (κ1) is 23.3. The van der Waals surface area contributed by atoms with Crippen LogP contribution in [0.25, 0.3) is 16.8 Å². The summed E-state index contributed by atoms with van der Waals surface area (Å²) in [4.78, 5) is 11.4. The van der Waals surface area contributed by atoms with E-state index in [0.29, 0.717) is 33.5 Å². The molecule has 2 saturated heterocycles. The van der Waals surface area contributed by atoms with Gasteiger partial charge in [0, 0.05) is 36.6 Å². The third kappa shape index (κ3) is 5.54. The molecule has 0 radical (unpaired) electrons. The summed E-state index contributed by atoms with van der Waals surface area (Å²) in [5.41, 5.74) is 8.10. The molecule has 1 aromatic carbocycles. The molecular formula is C23H25F3N6S. The molecule has 10 heteroatoms. The standard InChI is InChI=1S/C23H25F3N6S/c24-23(25,26)14-30-13-19(10-28)21-20(16-3-1-15(9-27)2-4-16)31-22(33-21)32-7-5-17-11-29-12-18(17)6-8-32/h1-4,10,13,17-18,29H,5-8,11-12,14,28H2. The predicted molar refractivity (Wildman–Crippen MR) is 125 cm³/mol. The molecule has 6 nitrogen and oxygen atoms in total. The molecule has 0 aliphatic carbocycles. The van der Waals surface area contributed by atoms with Gasteiger partial charge in [-0.2, -0.15) is 18.4 Å². The SMILES string of the molecule is N#Cc1ccc(-c2nc(N3CCC4CNCC4CC3)sc2C(C=NCC(F)(F)F)=CN)cc1. The van der Waals surface area contributed by atoms with E-state index in [2.05, 4.69) is 21.3 Å². The van der Waals surface area contributed by atoms with Crippen molar-refractivity contribution in [1.29, 1.82) is 5.26 Å². The summed E-state index contributed by atoms with van der Waals surface area (Å²) in [5.74, 6) is 1.34. The van der Waals surface area contributed by atoms with Crippen LogP contribution in [0.15, 0.2) is 35.5 Å². The van der Waals surface area contributed by atoms with Crippen molar-refractivity contribution in [2.45, 2.75) is 19.0 Å². The van der Waals surface area contributed by atoms with Crippen molar-refractivity contribution in [2.75, 3.05) is 37.6 Å². The summed E-state index contributed by atoms with van der Waals surface area (Å²) < 4.78 is 37.8. The second kappa shape index (κ2) is 9.93. The zero-order valence-electron chi connectivity index (χ0n) is 18.0. The number of aromatic nitrogens is 1. The molecule has 0 saturated carbocycles. The third-order valence-electron chi connectivity index (χ3n) is 6.14. The Bertz CT molecular complexity index is 1050. The number of rotatable bonds is 5. The lowest BCUT2D eigenvalue weighted by Gasteiger charge is -2.19. The summed E-state index contributed by atoms with van der Waals surface area (Å²) >= 11 is 1.41. The Balaban J connectivity index is 1.67. The van der Waals surface area contributed by atoms with Crippen LogP contribution in [-0.4, -0.2) is 50.1 Å². The molecule has 1 aromatic heterocycles. The highest BCUT2D eigenvalue weighted by molar-refractivity contribution is 7.17. The minimum Gasteiger partial charge on any atom is -0.404 e. The minimum atomic E-state index is -4.38. The largest absolute Gasteiger partial charge is 0.407 e. The second-order valence-electron chi connectivity index (χ2n) is 8.31. The van der Waals surface area contributed by atoms with E-state index in [4.69, 9.17) is 16.0 Å². The van der Waals surface area contributed by atoms with Crippen molar-refractivity contribution in [3.05, 3.63) is 40.9 Å².